The average Bonchev–Trinajstić information content (AvgIpc) is 2.47. The summed E-state index contributed by atoms with van der Waals surface area (Å²) in [6.07, 6.45) is 3.70. The van der Waals surface area contributed by atoms with E-state index in [4.69, 9.17) is 4.74 Å². The number of nitrogens with zero attached hydrogens (tertiary/aromatic N) is 1. The zero-order valence-electron chi connectivity index (χ0n) is 11.5. The van der Waals surface area contributed by atoms with E-state index in [-0.39, 0.29) is 11.8 Å². The van der Waals surface area contributed by atoms with E-state index >= 15 is 0 Å². The number of nitrogens with one attached hydrogen (secondary N) is 1. The van der Waals surface area contributed by atoms with Gasteiger partial charge in [0.25, 0.3) is 0 Å². The fraction of sp³-hybridized carbons (Fsp3) is 0.333. The summed E-state index contributed by atoms with van der Waals surface area (Å²) in [4.78, 5) is 25.0. The quantitative estimate of drug-likeness (QED) is 0.857. The van der Waals surface area contributed by atoms with Crippen LogP contribution < -0.4 is 15.0 Å². The Balaban J connectivity index is 2.27. The fourth-order valence-electron chi connectivity index (χ4n) is 2.23. The van der Waals surface area contributed by atoms with Crippen LogP contribution >= 0.6 is 0 Å². The summed E-state index contributed by atoms with van der Waals surface area (Å²) in [5.74, 6) is 0.397. The number of benzene rings is 1. The van der Waals surface area contributed by atoms with Crippen LogP contribution in [0.25, 0.3) is 0 Å². The van der Waals surface area contributed by atoms with E-state index in [2.05, 4.69) is 11.9 Å². The number of piperidine rings is 1. The van der Waals surface area contributed by atoms with Gasteiger partial charge < -0.3 is 15.0 Å². The van der Waals surface area contributed by atoms with E-state index in [1.807, 2.05) is 0 Å². The lowest BCUT2D eigenvalue weighted by atomic mass is 10.1. The summed E-state index contributed by atoms with van der Waals surface area (Å²) in [7, 11) is 1.55. The van der Waals surface area contributed by atoms with Gasteiger partial charge in [0.15, 0.2) is 0 Å². The molecule has 2 amide bonds. The minimum Gasteiger partial charge on any atom is -0.494 e. The first kappa shape index (κ1) is 14.1. The van der Waals surface area contributed by atoms with E-state index in [0.717, 1.165) is 18.5 Å². The van der Waals surface area contributed by atoms with Gasteiger partial charge in [-0.3, -0.25) is 9.59 Å². The van der Waals surface area contributed by atoms with Crippen LogP contribution in [0, 0.1) is 0 Å². The molecule has 0 atom stereocenters. The Kier molecular flexibility index (Phi) is 4.40. The van der Waals surface area contributed by atoms with Gasteiger partial charge >= 0.3 is 0 Å². The number of anilines is 2. The predicted molar refractivity (Wildman–Crippen MR) is 78.0 cm³/mol. The van der Waals surface area contributed by atoms with Crippen LogP contribution in [0.15, 0.2) is 30.9 Å². The predicted octanol–water partition coefficient (Wildman–Crippen LogP) is 2.34. The molecule has 1 heterocycles. The van der Waals surface area contributed by atoms with E-state index < -0.39 is 0 Å². The molecule has 0 saturated carbocycles. The molecule has 5 heteroatoms. The molecule has 0 spiro atoms. The first-order valence-electron chi connectivity index (χ1n) is 6.57. The number of methoxy groups -OCH3 is 1. The van der Waals surface area contributed by atoms with Crippen molar-refractivity contribution in [3.05, 3.63) is 30.9 Å². The van der Waals surface area contributed by atoms with Gasteiger partial charge in [-0.2, -0.15) is 0 Å². The molecule has 0 aromatic heterocycles. The Morgan fingerprint density at radius 2 is 2.25 bits per heavy atom. The molecule has 0 aliphatic carbocycles. The van der Waals surface area contributed by atoms with Crippen molar-refractivity contribution >= 4 is 23.2 Å². The third-order valence-corrected chi connectivity index (χ3v) is 3.25. The van der Waals surface area contributed by atoms with Crippen LogP contribution in [0.4, 0.5) is 11.4 Å². The molecule has 106 valence electrons. The standard InChI is InChI=1S/C15H18N2O3/c1-3-14(18)16-11-7-8-12(13(10-11)20-2)17-9-5-4-6-15(17)19/h3,7-8,10H,1,4-6,9H2,2H3,(H,16,18). The van der Waals surface area contributed by atoms with Gasteiger partial charge in [-0.1, -0.05) is 6.58 Å². The van der Waals surface area contributed by atoms with Gasteiger partial charge in [0.05, 0.1) is 12.8 Å². The van der Waals surface area contributed by atoms with Crippen molar-refractivity contribution in [3.8, 4) is 5.75 Å². The van der Waals surface area contributed by atoms with Crippen molar-refractivity contribution in [2.75, 3.05) is 23.9 Å². The number of carbonyl (C=O) groups excluding carboxylic acids is 2. The van der Waals surface area contributed by atoms with Crippen LogP contribution in [0.1, 0.15) is 19.3 Å². The molecule has 0 radical (unpaired) electrons. The third-order valence-electron chi connectivity index (χ3n) is 3.25. The van der Waals surface area contributed by atoms with Crippen molar-refractivity contribution in [2.24, 2.45) is 0 Å². The smallest absolute Gasteiger partial charge is 0.247 e. The minimum absolute atomic E-state index is 0.109. The molecular weight excluding hydrogens is 256 g/mol. The van der Waals surface area contributed by atoms with Crippen LogP contribution in [0.2, 0.25) is 0 Å². The van der Waals surface area contributed by atoms with Gasteiger partial charge in [0, 0.05) is 24.7 Å². The molecule has 0 bridgehead atoms. The maximum Gasteiger partial charge on any atom is 0.247 e. The molecule has 2 rings (SSSR count). The second-order valence-corrected chi connectivity index (χ2v) is 4.58. The van der Waals surface area contributed by atoms with E-state index in [9.17, 15) is 9.59 Å². The fourth-order valence-corrected chi connectivity index (χ4v) is 2.23. The summed E-state index contributed by atoms with van der Waals surface area (Å²) in [5, 5.41) is 2.67. The summed E-state index contributed by atoms with van der Waals surface area (Å²) >= 11 is 0. The molecule has 1 fully saturated rings. The number of rotatable bonds is 4. The summed E-state index contributed by atoms with van der Waals surface area (Å²) in [6, 6.07) is 5.25. The molecule has 1 N–H and O–H groups in total. The molecular formula is C15H18N2O3. The lowest BCUT2D eigenvalue weighted by Crippen LogP contribution is -2.35. The summed E-state index contributed by atoms with van der Waals surface area (Å²) < 4.78 is 5.33. The zero-order valence-corrected chi connectivity index (χ0v) is 11.5. The topological polar surface area (TPSA) is 58.6 Å². The van der Waals surface area contributed by atoms with Crippen molar-refractivity contribution < 1.29 is 14.3 Å². The highest BCUT2D eigenvalue weighted by molar-refractivity contribution is 6.00. The lowest BCUT2D eigenvalue weighted by Gasteiger charge is -2.28. The maximum atomic E-state index is 12.0. The SMILES string of the molecule is C=CC(=O)Nc1ccc(N2CCCCC2=O)c(OC)c1. The third kappa shape index (κ3) is 2.99. The first-order chi connectivity index (χ1) is 9.65. The second-order valence-electron chi connectivity index (χ2n) is 4.58. The largest absolute Gasteiger partial charge is 0.494 e. The molecule has 5 nitrogen and oxygen atoms in total. The van der Waals surface area contributed by atoms with E-state index in [0.29, 0.717) is 24.4 Å². The van der Waals surface area contributed by atoms with E-state index in [1.165, 1.54) is 6.08 Å². The van der Waals surface area contributed by atoms with Gasteiger partial charge in [-0.15, -0.1) is 0 Å². The van der Waals surface area contributed by atoms with Gasteiger partial charge in [-0.05, 0) is 31.1 Å². The molecule has 1 aromatic rings. The Hall–Kier alpha value is -2.30. The van der Waals surface area contributed by atoms with Crippen LogP contribution in [0.3, 0.4) is 0 Å². The second kappa shape index (κ2) is 6.23. The summed E-state index contributed by atoms with van der Waals surface area (Å²) in [6.45, 7) is 4.11. The number of ether oxygens (including phenoxy) is 1. The normalized spacial score (nSPS) is 14.8. The Bertz CT molecular complexity index is 540. The number of hydrogen-bond acceptors (Lipinski definition) is 3. The molecule has 0 unspecified atom stereocenters. The maximum absolute atomic E-state index is 12.0. The lowest BCUT2D eigenvalue weighted by molar-refractivity contribution is -0.119. The van der Waals surface area contributed by atoms with Crippen molar-refractivity contribution in [3.63, 3.8) is 0 Å². The number of amides is 2. The van der Waals surface area contributed by atoms with Crippen LogP contribution in [-0.2, 0) is 9.59 Å². The Labute approximate surface area is 118 Å². The molecule has 1 saturated heterocycles. The average molecular weight is 274 g/mol. The molecule has 1 aliphatic rings. The monoisotopic (exact) mass is 274 g/mol. The summed E-state index contributed by atoms with van der Waals surface area (Å²) in [5.41, 5.74) is 1.36. The number of carbonyl (C=O) groups is 2. The van der Waals surface area contributed by atoms with Crippen LogP contribution in [0.5, 0.6) is 5.75 Å². The Morgan fingerprint density at radius 1 is 1.45 bits per heavy atom. The van der Waals surface area contributed by atoms with Gasteiger partial charge in [0.1, 0.15) is 5.75 Å². The molecule has 20 heavy (non-hydrogen) atoms. The number of hydrogen-bond donors (Lipinski definition) is 1. The minimum atomic E-state index is -0.283. The highest BCUT2D eigenvalue weighted by Crippen LogP contribution is 2.33. The van der Waals surface area contributed by atoms with Gasteiger partial charge in [-0.25, -0.2) is 0 Å². The van der Waals surface area contributed by atoms with Gasteiger partial charge in [0.2, 0.25) is 11.8 Å². The highest BCUT2D eigenvalue weighted by atomic mass is 16.5. The van der Waals surface area contributed by atoms with Crippen LogP contribution in [-0.4, -0.2) is 25.5 Å². The molecule has 1 aromatic carbocycles. The first-order valence-corrected chi connectivity index (χ1v) is 6.57. The van der Waals surface area contributed by atoms with Crippen molar-refractivity contribution in [2.45, 2.75) is 19.3 Å². The van der Waals surface area contributed by atoms with Crippen molar-refractivity contribution in [1.29, 1.82) is 0 Å². The Morgan fingerprint density at radius 3 is 2.90 bits per heavy atom. The molecule has 1 aliphatic heterocycles. The zero-order chi connectivity index (χ0) is 14.5. The van der Waals surface area contributed by atoms with E-state index in [1.54, 1.807) is 30.2 Å². The van der Waals surface area contributed by atoms with Crippen molar-refractivity contribution in [1.82, 2.24) is 0 Å². The highest BCUT2D eigenvalue weighted by Gasteiger charge is 2.22.